The molecule has 1 aromatic rings. The maximum atomic E-state index is 12.5. The Hall–Kier alpha value is -1.23. The van der Waals surface area contributed by atoms with Crippen LogP contribution in [0.5, 0.6) is 5.75 Å². The van der Waals surface area contributed by atoms with Crippen LogP contribution in [-0.2, 0) is 6.54 Å². The number of phenols is 1. The number of para-hydroxylation sites is 1. The van der Waals surface area contributed by atoms with Crippen LogP contribution >= 0.6 is 0 Å². The number of piperidine rings is 1. The number of benzene rings is 1. The van der Waals surface area contributed by atoms with Crippen LogP contribution in [0.25, 0.3) is 0 Å². The van der Waals surface area contributed by atoms with E-state index in [-0.39, 0.29) is 18.6 Å². The van der Waals surface area contributed by atoms with Crippen LogP contribution < -0.4 is 0 Å². The maximum absolute atomic E-state index is 12.5. The van der Waals surface area contributed by atoms with Crippen molar-refractivity contribution in [3.8, 4) is 5.75 Å². The molecule has 0 aromatic heterocycles. The molecule has 0 amide bonds. The third-order valence-corrected chi connectivity index (χ3v) is 3.44. The van der Waals surface area contributed by atoms with E-state index in [2.05, 4.69) is 0 Å². The largest absolute Gasteiger partial charge is 0.508 e. The SMILES string of the molecule is Oc1ccccc1CN1CCC(C(F)(F)F)CC1. The quantitative estimate of drug-likeness (QED) is 0.881. The van der Waals surface area contributed by atoms with Crippen LogP contribution in [-0.4, -0.2) is 29.3 Å². The fourth-order valence-electron chi connectivity index (χ4n) is 2.30. The van der Waals surface area contributed by atoms with Gasteiger partial charge in [0.1, 0.15) is 5.75 Å². The molecular formula is C13H16F3NO. The van der Waals surface area contributed by atoms with Crippen molar-refractivity contribution in [1.82, 2.24) is 4.90 Å². The van der Waals surface area contributed by atoms with Gasteiger partial charge in [-0.25, -0.2) is 0 Å². The van der Waals surface area contributed by atoms with Crippen LogP contribution in [0.1, 0.15) is 18.4 Å². The molecular weight excluding hydrogens is 243 g/mol. The fourth-order valence-corrected chi connectivity index (χ4v) is 2.30. The van der Waals surface area contributed by atoms with Gasteiger partial charge in [-0.1, -0.05) is 18.2 Å². The van der Waals surface area contributed by atoms with E-state index in [4.69, 9.17) is 0 Å². The van der Waals surface area contributed by atoms with Crippen molar-refractivity contribution >= 4 is 0 Å². The molecule has 0 atom stereocenters. The Balaban J connectivity index is 1.90. The normalized spacial score (nSPS) is 19.1. The maximum Gasteiger partial charge on any atom is 0.391 e. The van der Waals surface area contributed by atoms with Crippen molar-refractivity contribution in [3.63, 3.8) is 0 Å². The van der Waals surface area contributed by atoms with Crippen molar-refractivity contribution in [1.29, 1.82) is 0 Å². The van der Waals surface area contributed by atoms with Gasteiger partial charge in [0, 0.05) is 12.1 Å². The molecule has 1 heterocycles. The zero-order valence-electron chi connectivity index (χ0n) is 9.95. The Morgan fingerprint density at radius 1 is 1.17 bits per heavy atom. The van der Waals surface area contributed by atoms with Gasteiger partial charge in [-0.15, -0.1) is 0 Å². The van der Waals surface area contributed by atoms with Gasteiger partial charge in [0.2, 0.25) is 0 Å². The molecule has 0 spiro atoms. The predicted octanol–water partition coefficient (Wildman–Crippen LogP) is 3.17. The second kappa shape index (κ2) is 5.18. The summed E-state index contributed by atoms with van der Waals surface area (Å²) in [5.41, 5.74) is 0.767. The zero-order valence-corrected chi connectivity index (χ0v) is 9.95. The number of aromatic hydroxyl groups is 1. The molecule has 0 unspecified atom stereocenters. The molecule has 100 valence electrons. The molecule has 1 saturated heterocycles. The van der Waals surface area contributed by atoms with E-state index >= 15 is 0 Å². The third kappa shape index (κ3) is 3.16. The molecule has 18 heavy (non-hydrogen) atoms. The van der Waals surface area contributed by atoms with E-state index < -0.39 is 12.1 Å². The van der Waals surface area contributed by atoms with E-state index in [0.717, 1.165) is 5.56 Å². The Labute approximate surface area is 104 Å². The van der Waals surface area contributed by atoms with E-state index in [0.29, 0.717) is 19.6 Å². The first-order chi connectivity index (χ1) is 8.47. The number of rotatable bonds is 2. The average Bonchev–Trinajstić information content (AvgIpc) is 2.32. The highest BCUT2D eigenvalue weighted by atomic mass is 19.4. The second-order valence-corrected chi connectivity index (χ2v) is 4.72. The Morgan fingerprint density at radius 3 is 2.33 bits per heavy atom. The minimum absolute atomic E-state index is 0.150. The molecule has 1 fully saturated rings. The summed E-state index contributed by atoms with van der Waals surface area (Å²) >= 11 is 0. The van der Waals surface area contributed by atoms with Crippen molar-refractivity contribution in [2.75, 3.05) is 13.1 Å². The molecule has 2 nitrogen and oxygen atoms in total. The Kier molecular flexibility index (Phi) is 3.80. The highest BCUT2D eigenvalue weighted by Gasteiger charge is 2.40. The minimum Gasteiger partial charge on any atom is -0.508 e. The highest BCUT2D eigenvalue weighted by Crippen LogP contribution is 2.34. The van der Waals surface area contributed by atoms with Gasteiger partial charge < -0.3 is 5.11 Å². The second-order valence-electron chi connectivity index (χ2n) is 4.72. The van der Waals surface area contributed by atoms with Crippen LogP contribution in [0.3, 0.4) is 0 Å². The minimum atomic E-state index is -4.07. The van der Waals surface area contributed by atoms with Gasteiger partial charge in [-0.05, 0) is 32.0 Å². The van der Waals surface area contributed by atoms with Crippen molar-refractivity contribution in [3.05, 3.63) is 29.8 Å². The molecule has 1 aliphatic heterocycles. The van der Waals surface area contributed by atoms with E-state index in [1.54, 1.807) is 18.2 Å². The number of hydrogen-bond acceptors (Lipinski definition) is 2. The number of alkyl halides is 3. The highest BCUT2D eigenvalue weighted by molar-refractivity contribution is 5.31. The molecule has 1 aliphatic rings. The topological polar surface area (TPSA) is 23.5 Å². The predicted molar refractivity (Wildman–Crippen MR) is 62.2 cm³/mol. The lowest BCUT2D eigenvalue weighted by molar-refractivity contribution is -0.185. The molecule has 0 bridgehead atoms. The molecule has 5 heteroatoms. The molecule has 1 N–H and O–H groups in total. The lowest BCUT2D eigenvalue weighted by Gasteiger charge is -2.32. The van der Waals surface area contributed by atoms with E-state index in [9.17, 15) is 18.3 Å². The van der Waals surface area contributed by atoms with Gasteiger partial charge in [-0.2, -0.15) is 13.2 Å². The molecule has 2 rings (SSSR count). The van der Waals surface area contributed by atoms with Crippen molar-refractivity contribution in [2.45, 2.75) is 25.6 Å². The lowest BCUT2D eigenvalue weighted by Crippen LogP contribution is -2.38. The first kappa shape index (κ1) is 13.2. The summed E-state index contributed by atoms with van der Waals surface area (Å²) in [5.74, 6) is -0.964. The summed E-state index contributed by atoms with van der Waals surface area (Å²) < 4.78 is 37.5. The van der Waals surface area contributed by atoms with Crippen LogP contribution in [0.15, 0.2) is 24.3 Å². The summed E-state index contributed by atoms with van der Waals surface area (Å²) in [4.78, 5) is 1.96. The van der Waals surface area contributed by atoms with Crippen LogP contribution in [0.2, 0.25) is 0 Å². The van der Waals surface area contributed by atoms with Gasteiger partial charge in [0.05, 0.1) is 5.92 Å². The fraction of sp³-hybridized carbons (Fsp3) is 0.538. The average molecular weight is 259 g/mol. The summed E-state index contributed by atoms with van der Waals surface area (Å²) in [6.07, 6.45) is -3.77. The monoisotopic (exact) mass is 259 g/mol. The van der Waals surface area contributed by atoms with E-state index in [1.807, 2.05) is 11.0 Å². The lowest BCUT2D eigenvalue weighted by atomic mass is 9.96. The van der Waals surface area contributed by atoms with Crippen LogP contribution in [0.4, 0.5) is 13.2 Å². The third-order valence-electron chi connectivity index (χ3n) is 3.44. The van der Waals surface area contributed by atoms with Gasteiger partial charge >= 0.3 is 6.18 Å². The standard InChI is InChI=1S/C13H16F3NO/c14-13(15,16)11-5-7-17(8-6-11)9-10-3-1-2-4-12(10)18/h1-4,11,18H,5-9H2. The van der Waals surface area contributed by atoms with E-state index in [1.165, 1.54) is 0 Å². The first-order valence-corrected chi connectivity index (χ1v) is 6.03. The number of phenolic OH excluding ortho intramolecular Hbond substituents is 1. The molecule has 0 radical (unpaired) electrons. The summed E-state index contributed by atoms with van der Waals surface area (Å²) in [6.45, 7) is 1.37. The summed E-state index contributed by atoms with van der Waals surface area (Å²) in [6, 6.07) is 6.94. The van der Waals surface area contributed by atoms with Crippen molar-refractivity contribution < 1.29 is 18.3 Å². The van der Waals surface area contributed by atoms with Crippen molar-refractivity contribution in [2.24, 2.45) is 5.92 Å². The molecule has 0 saturated carbocycles. The number of hydrogen-bond donors (Lipinski definition) is 1. The first-order valence-electron chi connectivity index (χ1n) is 6.03. The molecule has 0 aliphatic carbocycles. The van der Waals surface area contributed by atoms with Gasteiger partial charge in [0.15, 0.2) is 0 Å². The van der Waals surface area contributed by atoms with Crippen LogP contribution in [0, 0.1) is 5.92 Å². The Bertz CT molecular complexity index is 397. The summed E-state index contributed by atoms with van der Waals surface area (Å²) in [5, 5.41) is 9.62. The smallest absolute Gasteiger partial charge is 0.391 e. The number of likely N-dealkylation sites (tertiary alicyclic amines) is 1. The number of nitrogens with zero attached hydrogens (tertiary/aromatic N) is 1. The summed E-state index contributed by atoms with van der Waals surface area (Å²) in [7, 11) is 0. The zero-order chi connectivity index (χ0) is 13.2. The number of halogens is 3. The Morgan fingerprint density at radius 2 is 1.78 bits per heavy atom. The van der Waals surface area contributed by atoms with Gasteiger partial charge in [0.25, 0.3) is 0 Å². The van der Waals surface area contributed by atoms with Gasteiger partial charge in [-0.3, -0.25) is 4.90 Å². The molecule has 1 aromatic carbocycles.